The van der Waals surface area contributed by atoms with Gasteiger partial charge in [0, 0.05) is 47.7 Å². The lowest BCUT2D eigenvalue weighted by molar-refractivity contribution is -0.153. The van der Waals surface area contributed by atoms with Gasteiger partial charge in [0.05, 0.1) is 71.4 Å². The quantitative estimate of drug-likeness (QED) is 0.0375. The number of alkyl carbamates (subject to hydrolysis) is 2. The predicted molar refractivity (Wildman–Crippen MR) is 311 cm³/mol. The normalized spacial score (nSPS) is 14.9. The highest BCUT2D eigenvalue weighted by Gasteiger charge is 2.46. The third-order valence-corrected chi connectivity index (χ3v) is 12.9. The van der Waals surface area contributed by atoms with E-state index in [-0.39, 0.29) is 25.8 Å². The first-order valence-corrected chi connectivity index (χ1v) is 27.8. The summed E-state index contributed by atoms with van der Waals surface area (Å²) in [6.07, 6.45) is 9.74. The van der Waals surface area contributed by atoms with Crippen LogP contribution in [0.4, 0.5) is 19.8 Å². The fourth-order valence-corrected chi connectivity index (χ4v) is 9.01. The van der Waals surface area contributed by atoms with Crippen molar-refractivity contribution in [2.45, 2.75) is 142 Å². The summed E-state index contributed by atoms with van der Waals surface area (Å²) >= 11 is 0. The van der Waals surface area contributed by atoms with Crippen molar-refractivity contribution < 1.29 is 62.2 Å². The number of nitrogens with one attached hydrogen (secondary N) is 3. The van der Waals surface area contributed by atoms with Crippen LogP contribution in [0.1, 0.15) is 120 Å². The lowest BCUT2D eigenvalue weighted by Gasteiger charge is -2.40. The molecule has 8 heterocycles. The van der Waals surface area contributed by atoms with Crippen LogP contribution in [-0.2, 0) is 28.5 Å². The highest BCUT2D eigenvalue weighted by atomic mass is 19.1. The standard InChI is InChI=1S/C30H38N6O6.C17H15FN4O2.C13H24N2O4/c1-7-40-26(37)30(34-27(38)42-28(2,3)4)10-12-35(13-11-30)24-9-8-20(16-32-24)23-14-22(41-19-29(5,6)39)18-36-25(23)21(15-31)17-33-36;1-17(2,23)10-24-13-5-14(11-3-4-15(18)20-7-11)16-12(6-19)8-21-22(16)9-13;1-5-18-10(16)13(6-8-14-9-7-13)15-11(17)19-12(2,3)4/h8-9,14,16-18,39H,7,10-13,19H2,1-6H3,(H,34,38);3-5,7-9,23H,10H2,1-2H3;14H,5-9H2,1-4H3,(H,15,17). The van der Waals surface area contributed by atoms with Gasteiger partial charge in [-0.25, -0.2) is 38.2 Å². The van der Waals surface area contributed by atoms with Gasteiger partial charge in [-0.15, -0.1) is 0 Å². The molecule has 0 bridgehead atoms. The molecule has 8 rings (SSSR count). The molecular formula is C60H77FN12O12. The summed E-state index contributed by atoms with van der Waals surface area (Å²) in [6, 6.07) is 14.4. The predicted octanol–water partition coefficient (Wildman–Crippen LogP) is 7.60. The number of nitrogens with zero attached hydrogens (tertiary/aromatic N) is 9. The second kappa shape index (κ2) is 27.4. The number of hydrogen-bond acceptors (Lipinski definition) is 20. The molecule has 6 aromatic heterocycles. The minimum Gasteiger partial charge on any atom is -0.489 e. The maximum atomic E-state index is 13.1. The lowest BCUT2D eigenvalue weighted by Crippen LogP contribution is -2.61. The average Bonchev–Trinajstić information content (AvgIpc) is 2.33. The smallest absolute Gasteiger partial charge is 0.408 e. The molecule has 24 nitrogen and oxygen atoms in total. The van der Waals surface area contributed by atoms with Crippen LogP contribution in [0.2, 0.25) is 0 Å². The highest BCUT2D eigenvalue weighted by Crippen LogP contribution is 2.35. The number of pyridine rings is 4. The fourth-order valence-electron chi connectivity index (χ4n) is 9.01. The van der Waals surface area contributed by atoms with Gasteiger partial charge in [-0.05, 0) is 158 Å². The number of aliphatic hydroxyl groups is 2. The van der Waals surface area contributed by atoms with E-state index in [2.05, 4.69) is 48.3 Å². The van der Waals surface area contributed by atoms with E-state index < -0.39 is 57.6 Å². The van der Waals surface area contributed by atoms with E-state index in [1.165, 1.54) is 29.2 Å². The van der Waals surface area contributed by atoms with Gasteiger partial charge >= 0.3 is 24.1 Å². The summed E-state index contributed by atoms with van der Waals surface area (Å²) in [6.45, 7) is 23.6. The summed E-state index contributed by atoms with van der Waals surface area (Å²) in [4.78, 5) is 59.9. The van der Waals surface area contributed by atoms with E-state index in [9.17, 15) is 44.3 Å². The van der Waals surface area contributed by atoms with Crippen LogP contribution < -0.4 is 30.3 Å². The maximum absolute atomic E-state index is 13.1. The fraction of sp³-hybridized carbons (Fsp3) is 0.500. The molecular weight excluding hydrogens is 1100 g/mol. The van der Waals surface area contributed by atoms with Gasteiger partial charge in [-0.2, -0.15) is 25.1 Å². The Hall–Kier alpha value is -8.65. The van der Waals surface area contributed by atoms with Crippen LogP contribution in [0, 0.1) is 28.6 Å². The number of aromatic nitrogens is 6. The van der Waals surface area contributed by atoms with Gasteiger partial charge in [0.15, 0.2) is 0 Å². The zero-order valence-corrected chi connectivity index (χ0v) is 50.3. The van der Waals surface area contributed by atoms with Gasteiger partial charge < -0.3 is 59.5 Å². The van der Waals surface area contributed by atoms with E-state index in [0.717, 1.165) is 5.56 Å². The Bertz CT molecular complexity index is 3370. The summed E-state index contributed by atoms with van der Waals surface area (Å²) in [5.41, 5.74) is -0.741. The number of amides is 2. The molecule has 2 aliphatic heterocycles. The number of piperidine rings is 2. The number of ether oxygens (including phenoxy) is 6. The molecule has 2 saturated heterocycles. The second-order valence-electron chi connectivity index (χ2n) is 23.7. The minimum atomic E-state index is -1.19. The van der Waals surface area contributed by atoms with Crippen LogP contribution in [0.25, 0.3) is 33.3 Å². The van der Waals surface area contributed by atoms with Crippen molar-refractivity contribution in [2.24, 2.45) is 0 Å². The molecule has 6 aromatic rings. The van der Waals surface area contributed by atoms with E-state index in [1.54, 1.807) is 124 Å². The average molecular weight is 1180 g/mol. The van der Waals surface area contributed by atoms with Gasteiger partial charge in [0.1, 0.15) is 64.9 Å². The van der Waals surface area contributed by atoms with Gasteiger partial charge in [-0.1, -0.05) is 0 Å². The zero-order valence-electron chi connectivity index (χ0n) is 50.3. The highest BCUT2D eigenvalue weighted by molar-refractivity contribution is 5.88. The van der Waals surface area contributed by atoms with Gasteiger partial charge in [0.25, 0.3) is 0 Å². The molecule has 85 heavy (non-hydrogen) atoms. The van der Waals surface area contributed by atoms with Crippen molar-refractivity contribution in [3.05, 3.63) is 90.7 Å². The van der Waals surface area contributed by atoms with Crippen LogP contribution in [0.5, 0.6) is 11.5 Å². The molecule has 0 atom stereocenters. The Morgan fingerprint density at radius 2 is 1.07 bits per heavy atom. The molecule has 2 amide bonds. The molecule has 5 N–H and O–H groups in total. The van der Waals surface area contributed by atoms with E-state index in [0.29, 0.717) is 115 Å². The SMILES string of the molecule is CC(C)(O)COc1cc(-c2ccc(F)nc2)c2c(C#N)cnn2c1.CCOC(=O)C1(NC(=O)OC(C)(C)C)CCN(c2ccc(-c3cc(OCC(C)(C)O)cn4ncc(C#N)c34)cn2)CC1.CCOC(=O)C1(NC(=O)OC(C)(C)C)CCNCC1. The van der Waals surface area contributed by atoms with E-state index in [1.807, 2.05) is 17.0 Å². The number of carbonyl (C=O) groups excluding carboxylic acids is 4. The first-order valence-electron chi connectivity index (χ1n) is 27.8. The molecule has 25 heteroatoms. The molecule has 2 fully saturated rings. The van der Waals surface area contributed by atoms with Crippen LogP contribution >= 0.6 is 0 Å². The van der Waals surface area contributed by atoms with Crippen LogP contribution in [0.15, 0.2) is 73.6 Å². The number of carbonyl (C=O) groups is 4. The Balaban J connectivity index is 0.000000226. The van der Waals surface area contributed by atoms with Gasteiger partial charge in [-0.3, -0.25) is 0 Å². The number of nitriles is 2. The van der Waals surface area contributed by atoms with Crippen LogP contribution in [-0.4, -0.2) is 150 Å². The molecule has 0 aromatic carbocycles. The Labute approximate surface area is 493 Å². The van der Waals surface area contributed by atoms with E-state index >= 15 is 0 Å². The van der Waals surface area contributed by atoms with Crippen molar-refractivity contribution in [1.82, 2.24) is 45.1 Å². The van der Waals surface area contributed by atoms with Crippen molar-refractivity contribution in [3.63, 3.8) is 0 Å². The van der Waals surface area contributed by atoms with Gasteiger partial charge in [0.2, 0.25) is 5.95 Å². The Morgan fingerprint density at radius 3 is 1.44 bits per heavy atom. The van der Waals surface area contributed by atoms with Crippen molar-refractivity contribution in [1.29, 1.82) is 10.5 Å². The number of esters is 2. The summed E-state index contributed by atoms with van der Waals surface area (Å²) < 4.78 is 48.7. The van der Waals surface area contributed by atoms with Crippen molar-refractivity contribution >= 4 is 41.0 Å². The summed E-state index contributed by atoms with van der Waals surface area (Å²) in [7, 11) is 0. The van der Waals surface area contributed by atoms with E-state index in [4.69, 9.17) is 28.4 Å². The molecule has 0 spiro atoms. The number of halogens is 1. The molecule has 0 radical (unpaired) electrons. The second-order valence-corrected chi connectivity index (χ2v) is 23.7. The monoisotopic (exact) mass is 1180 g/mol. The van der Waals surface area contributed by atoms with Crippen LogP contribution in [0.3, 0.4) is 0 Å². The first-order chi connectivity index (χ1) is 39.9. The number of hydrogen-bond donors (Lipinski definition) is 5. The lowest BCUT2D eigenvalue weighted by atomic mass is 9.87. The summed E-state index contributed by atoms with van der Waals surface area (Å²) in [5, 5.41) is 55.9. The Kier molecular flexibility index (Phi) is 21.1. The molecule has 0 unspecified atom stereocenters. The van der Waals surface area contributed by atoms with Crippen molar-refractivity contribution in [2.75, 3.05) is 57.5 Å². The number of rotatable bonds is 15. The molecule has 0 saturated carbocycles. The number of anilines is 1. The zero-order chi connectivity index (χ0) is 62.5. The molecule has 456 valence electrons. The molecule has 2 aliphatic rings. The Morgan fingerprint density at radius 1 is 0.647 bits per heavy atom. The third-order valence-electron chi connectivity index (χ3n) is 12.9. The minimum absolute atomic E-state index is 0.0759. The van der Waals surface area contributed by atoms with Crippen molar-refractivity contribution in [3.8, 4) is 45.9 Å². The molecule has 0 aliphatic carbocycles. The number of fused-ring (bicyclic) bond motifs is 2. The topological polar surface area (TPSA) is 311 Å². The largest absolute Gasteiger partial charge is 0.489 e. The first kappa shape index (κ1) is 65.5. The maximum Gasteiger partial charge on any atom is 0.408 e. The summed E-state index contributed by atoms with van der Waals surface area (Å²) in [5.74, 6) is 0.203. The third kappa shape index (κ3) is 18.2.